The minimum Gasteiger partial charge on any atom is -0.489 e. The molecular formula is C17H19ClFNO. The number of hydrogen-bond acceptors (Lipinski definition) is 2. The Morgan fingerprint density at radius 3 is 2.67 bits per heavy atom. The lowest BCUT2D eigenvalue weighted by atomic mass is 10.1. The quantitative estimate of drug-likeness (QED) is 0.896. The van der Waals surface area contributed by atoms with E-state index in [-0.39, 0.29) is 11.9 Å². The summed E-state index contributed by atoms with van der Waals surface area (Å²) in [6.07, 6.45) is 0.679. The zero-order valence-electron chi connectivity index (χ0n) is 12.2. The van der Waals surface area contributed by atoms with Crippen molar-refractivity contribution in [2.24, 2.45) is 5.73 Å². The third kappa shape index (κ3) is 4.45. The Hall–Kier alpha value is -1.58. The molecule has 0 fully saturated rings. The van der Waals surface area contributed by atoms with E-state index < -0.39 is 0 Å². The zero-order valence-corrected chi connectivity index (χ0v) is 13.0. The van der Waals surface area contributed by atoms with Gasteiger partial charge in [-0.1, -0.05) is 17.7 Å². The molecule has 0 radical (unpaired) electrons. The summed E-state index contributed by atoms with van der Waals surface area (Å²) < 4.78 is 19.1. The van der Waals surface area contributed by atoms with Gasteiger partial charge in [0.15, 0.2) is 0 Å². The second kappa shape index (κ2) is 6.92. The fourth-order valence-corrected chi connectivity index (χ4v) is 2.34. The second-order valence-corrected chi connectivity index (χ2v) is 5.73. The third-order valence-electron chi connectivity index (χ3n) is 3.26. The van der Waals surface area contributed by atoms with Crippen LogP contribution in [-0.4, -0.2) is 6.04 Å². The average molecular weight is 308 g/mol. The molecule has 0 saturated carbocycles. The molecule has 0 aliphatic carbocycles. The highest BCUT2D eigenvalue weighted by atomic mass is 35.5. The fourth-order valence-electron chi connectivity index (χ4n) is 2.15. The minimum atomic E-state index is -0.258. The van der Waals surface area contributed by atoms with Crippen molar-refractivity contribution in [2.75, 3.05) is 0 Å². The molecule has 21 heavy (non-hydrogen) atoms. The Bertz CT molecular complexity index is 628. The molecule has 0 heterocycles. The molecule has 4 heteroatoms. The summed E-state index contributed by atoms with van der Waals surface area (Å²) in [5.41, 5.74) is 8.64. The van der Waals surface area contributed by atoms with E-state index in [1.807, 2.05) is 26.0 Å². The van der Waals surface area contributed by atoms with E-state index in [9.17, 15) is 4.39 Å². The van der Waals surface area contributed by atoms with Crippen LogP contribution in [0.1, 0.15) is 23.6 Å². The van der Waals surface area contributed by atoms with Gasteiger partial charge >= 0.3 is 0 Å². The lowest BCUT2D eigenvalue weighted by molar-refractivity contribution is 0.301. The SMILES string of the molecule is Cc1ccc(F)cc1COc1ccc(Cl)cc1CC(C)N. The van der Waals surface area contributed by atoms with E-state index in [0.29, 0.717) is 18.1 Å². The van der Waals surface area contributed by atoms with Crippen LogP contribution in [-0.2, 0) is 13.0 Å². The highest BCUT2D eigenvalue weighted by molar-refractivity contribution is 6.30. The number of rotatable bonds is 5. The van der Waals surface area contributed by atoms with Crippen LogP contribution in [0.5, 0.6) is 5.75 Å². The Kier molecular flexibility index (Phi) is 5.21. The number of nitrogens with two attached hydrogens (primary N) is 1. The molecule has 2 aromatic carbocycles. The Morgan fingerprint density at radius 2 is 1.95 bits per heavy atom. The second-order valence-electron chi connectivity index (χ2n) is 5.29. The van der Waals surface area contributed by atoms with E-state index >= 15 is 0 Å². The molecule has 2 rings (SSSR count). The van der Waals surface area contributed by atoms with E-state index in [2.05, 4.69) is 0 Å². The molecule has 0 bridgehead atoms. The first-order valence-electron chi connectivity index (χ1n) is 6.87. The Balaban J connectivity index is 2.17. The molecule has 0 saturated heterocycles. The van der Waals surface area contributed by atoms with Crippen molar-refractivity contribution < 1.29 is 9.13 Å². The maximum Gasteiger partial charge on any atom is 0.123 e. The maximum absolute atomic E-state index is 13.3. The number of aryl methyl sites for hydroxylation is 1. The van der Waals surface area contributed by atoms with Crippen LogP contribution < -0.4 is 10.5 Å². The van der Waals surface area contributed by atoms with Gasteiger partial charge in [0.25, 0.3) is 0 Å². The van der Waals surface area contributed by atoms with Crippen molar-refractivity contribution >= 4 is 11.6 Å². The number of ether oxygens (including phenoxy) is 1. The van der Waals surface area contributed by atoms with Crippen molar-refractivity contribution in [1.29, 1.82) is 0 Å². The van der Waals surface area contributed by atoms with Gasteiger partial charge in [-0.15, -0.1) is 0 Å². The van der Waals surface area contributed by atoms with Gasteiger partial charge in [-0.2, -0.15) is 0 Å². The number of hydrogen-bond donors (Lipinski definition) is 1. The molecule has 1 unspecified atom stereocenters. The predicted octanol–water partition coefficient (Wildman–Crippen LogP) is 4.26. The van der Waals surface area contributed by atoms with Crippen molar-refractivity contribution in [3.05, 3.63) is 63.9 Å². The van der Waals surface area contributed by atoms with Crippen molar-refractivity contribution in [3.63, 3.8) is 0 Å². The molecule has 2 aromatic rings. The van der Waals surface area contributed by atoms with Crippen LogP contribution in [0.15, 0.2) is 36.4 Å². The van der Waals surface area contributed by atoms with Crippen molar-refractivity contribution in [3.8, 4) is 5.75 Å². The molecule has 112 valence electrons. The monoisotopic (exact) mass is 307 g/mol. The maximum atomic E-state index is 13.3. The molecule has 0 aliphatic heterocycles. The van der Waals surface area contributed by atoms with Crippen LogP contribution in [0.3, 0.4) is 0 Å². The summed E-state index contributed by atoms with van der Waals surface area (Å²) in [4.78, 5) is 0. The first kappa shape index (κ1) is 15.8. The smallest absolute Gasteiger partial charge is 0.123 e. The van der Waals surface area contributed by atoms with Gasteiger partial charge < -0.3 is 10.5 Å². The zero-order chi connectivity index (χ0) is 15.4. The summed E-state index contributed by atoms with van der Waals surface area (Å²) in [7, 11) is 0. The van der Waals surface area contributed by atoms with Crippen LogP contribution in [0.2, 0.25) is 5.02 Å². The average Bonchev–Trinajstić information content (AvgIpc) is 2.41. The first-order chi connectivity index (χ1) is 9.95. The van der Waals surface area contributed by atoms with Gasteiger partial charge in [0, 0.05) is 11.1 Å². The van der Waals surface area contributed by atoms with E-state index in [4.69, 9.17) is 22.1 Å². The van der Waals surface area contributed by atoms with Crippen LogP contribution in [0.4, 0.5) is 4.39 Å². The van der Waals surface area contributed by atoms with Crippen molar-refractivity contribution in [2.45, 2.75) is 32.9 Å². The summed E-state index contributed by atoms with van der Waals surface area (Å²) in [6, 6.07) is 10.2. The van der Waals surface area contributed by atoms with Gasteiger partial charge in [-0.3, -0.25) is 0 Å². The summed E-state index contributed by atoms with van der Waals surface area (Å²) >= 11 is 6.02. The van der Waals surface area contributed by atoms with Gasteiger partial charge in [-0.25, -0.2) is 4.39 Å². The van der Waals surface area contributed by atoms with Crippen molar-refractivity contribution in [1.82, 2.24) is 0 Å². The van der Waals surface area contributed by atoms with Crippen LogP contribution in [0.25, 0.3) is 0 Å². The lowest BCUT2D eigenvalue weighted by Crippen LogP contribution is -2.18. The summed E-state index contributed by atoms with van der Waals surface area (Å²) in [5.74, 6) is 0.478. The number of halogens is 2. The Labute approximate surface area is 129 Å². The van der Waals surface area contributed by atoms with Gasteiger partial charge in [0.2, 0.25) is 0 Å². The van der Waals surface area contributed by atoms with E-state index in [0.717, 1.165) is 22.4 Å². The standard InChI is InChI=1S/C17H19ClFNO/c1-11-3-5-16(19)9-14(11)10-21-17-6-4-15(18)8-13(17)7-12(2)20/h3-6,8-9,12H,7,10,20H2,1-2H3. The third-order valence-corrected chi connectivity index (χ3v) is 3.49. The van der Waals surface area contributed by atoms with Gasteiger partial charge in [0.05, 0.1) is 0 Å². The molecule has 0 amide bonds. The molecule has 0 spiro atoms. The first-order valence-corrected chi connectivity index (χ1v) is 7.25. The lowest BCUT2D eigenvalue weighted by Gasteiger charge is -2.14. The molecule has 2 nitrogen and oxygen atoms in total. The summed E-state index contributed by atoms with van der Waals surface area (Å²) in [5, 5.41) is 0.653. The van der Waals surface area contributed by atoms with Crippen LogP contribution >= 0.6 is 11.6 Å². The molecular weight excluding hydrogens is 289 g/mol. The Morgan fingerprint density at radius 1 is 1.19 bits per heavy atom. The molecule has 2 N–H and O–H groups in total. The normalized spacial score (nSPS) is 12.2. The summed E-state index contributed by atoms with van der Waals surface area (Å²) in [6.45, 7) is 4.18. The van der Waals surface area contributed by atoms with E-state index in [1.54, 1.807) is 12.1 Å². The predicted molar refractivity (Wildman–Crippen MR) is 84.3 cm³/mol. The fraction of sp³-hybridized carbons (Fsp3) is 0.294. The minimum absolute atomic E-state index is 0.0155. The number of benzene rings is 2. The van der Waals surface area contributed by atoms with Gasteiger partial charge in [-0.05, 0) is 67.3 Å². The van der Waals surface area contributed by atoms with Gasteiger partial charge in [0.1, 0.15) is 18.2 Å². The highest BCUT2D eigenvalue weighted by Crippen LogP contribution is 2.25. The van der Waals surface area contributed by atoms with Crippen LogP contribution in [0, 0.1) is 12.7 Å². The molecule has 0 aromatic heterocycles. The highest BCUT2D eigenvalue weighted by Gasteiger charge is 2.09. The molecule has 1 atom stereocenters. The van der Waals surface area contributed by atoms with E-state index in [1.165, 1.54) is 12.1 Å². The topological polar surface area (TPSA) is 35.2 Å². The molecule has 0 aliphatic rings. The largest absolute Gasteiger partial charge is 0.489 e.